The van der Waals surface area contributed by atoms with Gasteiger partial charge in [-0.15, -0.1) is 0 Å². The quantitative estimate of drug-likeness (QED) is 0.735. The van der Waals surface area contributed by atoms with Crippen molar-refractivity contribution >= 4 is 5.97 Å². The largest absolute Gasteiger partial charge is 0.461 e. The van der Waals surface area contributed by atoms with Crippen LogP contribution in [0.5, 0.6) is 0 Å². The number of esters is 1. The summed E-state index contributed by atoms with van der Waals surface area (Å²) in [5, 5.41) is 0. The maximum absolute atomic E-state index is 11.7. The Bertz CT molecular complexity index is 516. The lowest BCUT2D eigenvalue weighted by Crippen LogP contribution is -2.10. The van der Waals surface area contributed by atoms with E-state index in [4.69, 9.17) is 4.74 Å². The van der Waals surface area contributed by atoms with E-state index in [1.807, 2.05) is 0 Å². The van der Waals surface area contributed by atoms with Gasteiger partial charge in [0.25, 0.3) is 0 Å². The zero-order valence-corrected chi connectivity index (χ0v) is 9.20. The first kappa shape index (κ1) is 11.1. The summed E-state index contributed by atoms with van der Waals surface area (Å²) in [5.41, 5.74) is 1.09. The van der Waals surface area contributed by atoms with Gasteiger partial charge in [0.05, 0.1) is 12.3 Å². The van der Waals surface area contributed by atoms with Crippen LogP contribution in [-0.2, 0) is 4.74 Å². The summed E-state index contributed by atoms with van der Waals surface area (Å²) < 4.78 is 4.91. The topological polar surface area (TPSA) is 77.9 Å². The minimum Gasteiger partial charge on any atom is -0.461 e. The van der Waals surface area contributed by atoms with Crippen LogP contribution in [0.1, 0.15) is 17.4 Å². The van der Waals surface area contributed by atoms with Crippen LogP contribution >= 0.6 is 0 Å². The van der Waals surface area contributed by atoms with Gasteiger partial charge >= 0.3 is 5.97 Å². The number of rotatable bonds is 3. The van der Waals surface area contributed by atoms with Crippen molar-refractivity contribution in [1.29, 1.82) is 0 Å². The molecule has 2 aromatic rings. The first-order valence-corrected chi connectivity index (χ1v) is 5.07. The molecule has 0 atom stereocenters. The zero-order chi connectivity index (χ0) is 12.1. The maximum atomic E-state index is 11.7. The van der Waals surface area contributed by atoms with Gasteiger partial charge in [0.2, 0.25) is 0 Å². The van der Waals surface area contributed by atoms with Crippen molar-refractivity contribution in [2.24, 2.45) is 0 Å². The lowest BCUT2D eigenvalue weighted by Gasteiger charge is -2.05. The second kappa shape index (κ2) is 5.11. The Labute approximate surface area is 97.7 Å². The van der Waals surface area contributed by atoms with E-state index in [9.17, 15) is 4.79 Å². The number of aromatic nitrogens is 4. The molecule has 2 rings (SSSR count). The summed E-state index contributed by atoms with van der Waals surface area (Å²) >= 11 is 0. The molecule has 0 saturated carbocycles. The predicted octanol–water partition coefficient (Wildman–Crippen LogP) is 1.11. The molecule has 0 aliphatic rings. The molecule has 0 unspecified atom stereocenters. The monoisotopic (exact) mass is 230 g/mol. The van der Waals surface area contributed by atoms with E-state index in [2.05, 4.69) is 19.9 Å². The summed E-state index contributed by atoms with van der Waals surface area (Å²) in [5.74, 6) is -0.505. The van der Waals surface area contributed by atoms with Gasteiger partial charge in [-0.05, 0) is 13.0 Å². The molecule has 0 saturated heterocycles. The molecular formula is C11H10N4O2. The summed E-state index contributed by atoms with van der Waals surface area (Å²) in [6.45, 7) is 2.03. The van der Waals surface area contributed by atoms with Crippen LogP contribution in [0.15, 0.2) is 31.0 Å². The first-order valence-electron chi connectivity index (χ1n) is 5.07. The second-order valence-electron chi connectivity index (χ2n) is 3.07. The van der Waals surface area contributed by atoms with Crippen LogP contribution in [0.25, 0.3) is 11.4 Å². The van der Waals surface area contributed by atoms with Crippen LogP contribution in [0.4, 0.5) is 0 Å². The van der Waals surface area contributed by atoms with Crippen LogP contribution in [0, 0.1) is 0 Å². The second-order valence-corrected chi connectivity index (χ2v) is 3.07. The van der Waals surface area contributed by atoms with Gasteiger partial charge in [0, 0.05) is 18.6 Å². The van der Waals surface area contributed by atoms with Crippen molar-refractivity contribution in [2.45, 2.75) is 6.92 Å². The number of hydrogen-bond donors (Lipinski definition) is 0. The normalized spacial score (nSPS) is 9.94. The molecular weight excluding hydrogens is 220 g/mol. The molecule has 0 aromatic carbocycles. The van der Waals surface area contributed by atoms with Crippen molar-refractivity contribution in [1.82, 2.24) is 19.9 Å². The number of ether oxygens (including phenoxy) is 1. The van der Waals surface area contributed by atoms with Gasteiger partial charge in [-0.25, -0.2) is 19.7 Å². The van der Waals surface area contributed by atoms with Crippen molar-refractivity contribution in [3.63, 3.8) is 0 Å². The molecule has 17 heavy (non-hydrogen) atoms. The highest BCUT2D eigenvalue weighted by atomic mass is 16.5. The summed E-state index contributed by atoms with van der Waals surface area (Å²) in [6, 6.07) is 1.66. The highest BCUT2D eigenvalue weighted by Crippen LogP contribution is 2.16. The van der Waals surface area contributed by atoms with E-state index in [1.165, 1.54) is 18.7 Å². The van der Waals surface area contributed by atoms with Crippen LogP contribution in [0.2, 0.25) is 0 Å². The van der Waals surface area contributed by atoms with E-state index < -0.39 is 5.97 Å². The molecule has 2 aromatic heterocycles. The predicted molar refractivity (Wildman–Crippen MR) is 59.0 cm³/mol. The Morgan fingerprint density at radius 1 is 1.24 bits per heavy atom. The van der Waals surface area contributed by atoms with E-state index in [1.54, 1.807) is 19.2 Å². The molecule has 86 valence electrons. The Balaban J connectivity index is 2.45. The SMILES string of the molecule is CCOC(=O)c1nccnc1-c1ccncn1. The number of nitrogens with zero attached hydrogens (tertiary/aromatic N) is 4. The molecule has 2 heterocycles. The highest BCUT2D eigenvalue weighted by Gasteiger charge is 2.17. The van der Waals surface area contributed by atoms with Crippen molar-refractivity contribution < 1.29 is 9.53 Å². The minimum absolute atomic E-state index is 0.160. The van der Waals surface area contributed by atoms with Crippen LogP contribution in [0.3, 0.4) is 0 Å². The Morgan fingerprint density at radius 2 is 2.06 bits per heavy atom. The molecule has 0 amide bonds. The maximum Gasteiger partial charge on any atom is 0.359 e. The Hall–Kier alpha value is -2.37. The van der Waals surface area contributed by atoms with Gasteiger partial charge in [0.15, 0.2) is 5.69 Å². The average molecular weight is 230 g/mol. The molecule has 6 nitrogen and oxygen atoms in total. The standard InChI is InChI=1S/C11H10N4O2/c1-2-17-11(16)10-9(13-5-6-14-10)8-3-4-12-7-15-8/h3-7H,2H2,1H3. The molecule has 0 bridgehead atoms. The molecule has 0 aliphatic heterocycles. The van der Waals surface area contributed by atoms with Gasteiger partial charge < -0.3 is 4.74 Å². The third kappa shape index (κ3) is 2.41. The van der Waals surface area contributed by atoms with Crippen LogP contribution < -0.4 is 0 Å². The fourth-order valence-corrected chi connectivity index (χ4v) is 1.31. The zero-order valence-electron chi connectivity index (χ0n) is 9.20. The van der Waals surface area contributed by atoms with E-state index in [0.29, 0.717) is 18.0 Å². The molecule has 0 N–H and O–H groups in total. The summed E-state index contributed by atoms with van der Waals surface area (Å²) in [6.07, 6.45) is 5.90. The van der Waals surface area contributed by atoms with Crippen LogP contribution in [-0.4, -0.2) is 32.5 Å². The number of hydrogen-bond acceptors (Lipinski definition) is 6. The van der Waals surface area contributed by atoms with Crippen molar-refractivity contribution in [3.05, 3.63) is 36.7 Å². The average Bonchev–Trinajstić information content (AvgIpc) is 2.40. The Morgan fingerprint density at radius 3 is 2.76 bits per heavy atom. The summed E-state index contributed by atoms with van der Waals surface area (Å²) in [4.78, 5) is 27.6. The lowest BCUT2D eigenvalue weighted by molar-refractivity contribution is 0.0520. The molecule has 6 heteroatoms. The number of carbonyl (C=O) groups is 1. The fourth-order valence-electron chi connectivity index (χ4n) is 1.31. The minimum atomic E-state index is -0.505. The van der Waals surface area contributed by atoms with E-state index >= 15 is 0 Å². The molecule has 0 spiro atoms. The Kier molecular flexibility index (Phi) is 3.34. The van der Waals surface area contributed by atoms with Gasteiger partial charge in [-0.3, -0.25) is 4.98 Å². The van der Waals surface area contributed by atoms with Gasteiger partial charge in [-0.2, -0.15) is 0 Å². The summed E-state index contributed by atoms with van der Waals surface area (Å²) in [7, 11) is 0. The third-order valence-corrected chi connectivity index (χ3v) is 1.99. The van der Waals surface area contributed by atoms with Gasteiger partial charge in [0.1, 0.15) is 12.0 Å². The first-order chi connectivity index (χ1) is 8.33. The smallest absolute Gasteiger partial charge is 0.359 e. The number of carbonyl (C=O) groups excluding carboxylic acids is 1. The van der Waals surface area contributed by atoms with Crippen molar-refractivity contribution in [2.75, 3.05) is 6.61 Å². The fraction of sp³-hybridized carbons (Fsp3) is 0.182. The van der Waals surface area contributed by atoms with E-state index in [0.717, 1.165) is 0 Å². The van der Waals surface area contributed by atoms with E-state index in [-0.39, 0.29) is 5.69 Å². The van der Waals surface area contributed by atoms with Crippen molar-refractivity contribution in [3.8, 4) is 11.4 Å². The molecule has 0 fully saturated rings. The van der Waals surface area contributed by atoms with Gasteiger partial charge in [-0.1, -0.05) is 0 Å². The molecule has 0 radical (unpaired) electrons. The molecule has 0 aliphatic carbocycles. The highest BCUT2D eigenvalue weighted by molar-refractivity contribution is 5.93. The third-order valence-electron chi connectivity index (χ3n) is 1.99. The lowest BCUT2D eigenvalue weighted by atomic mass is 10.2.